The van der Waals surface area contributed by atoms with Gasteiger partial charge in [0, 0.05) is 26.5 Å². The van der Waals surface area contributed by atoms with Crippen molar-refractivity contribution in [2.24, 2.45) is 0 Å². The summed E-state index contributed by atoms with van der Waals surface area (Å²) in [4.78, 5) is 17.6. The first-order chi connectivity index (χ1) is 10.2. The Labute approximate surface area is 130 Å². The number of anilines is 1. The Morgan fingerprint density at radius 2 is 1.73 bits per heavy atom. The number of carbonyl (C=O) groups is 1. The molecule has 0 bridgehead atoms. The zero-order chi connectivity index (χ0) is 16.5. The SMILES string of the molecule is CC(C(=O)N(C)C)S(=O)(=O)N(C)c1ccc2ccccc2n1. The first-order valence-corrected chi connectivity index (χ1v) is 8.30. The Morgan fingerprint density at radius 3 is 2.36 bits per heavy atom. The number of aromatic nitrogens is 1. The van der Waals surface area contributed by atoms with Crippen LogP contribution in [0.1, 0.15) is 6.92 Å². The number of hydrogen-bond donors (Lipinski definition) is 0. The fourth-order valence-electron chi connectivity index (χ4n) is 2.09. The molecule has 1 aromatic heterocycles. The summed E-state index contributed by atoms with van der Waals surface area (Å²) in [6.07, 6.45) is 0. The second kappa shape index (κ2) is 5.92. The van der Waals surface area contributed by atoms with E-state index in [0.717, 1.165) is 9.69 Å². The smallest absolute Gasteiger partial charge is 0.247 e. The van der Waals surface area contributed by atoms with Crippen molar-refractivity contribution in [1.82, 2.24) is 9.88 Å². The van der Waals surface area contributed by atoms with Gasteiger partial charge in [0.15, 0.2) is 5.25 Å². The highest BCUT2D eigenvalue weighted by molar-refractivity contribution is 7.94. The van der Waals surface area contributed by atoms with Crippen molar-refractivity contribution < 1.29 is 13.2 Å². The minimum Gasteiger partial charge on any atom is -0.348 e. The maximum absolute atomic E-state index is 12.6. The number of nitrogens with zero attached hydrogens (tertiary/aromatic N) is 3. The molecule has 0 aliphatic carbocycles. The zero-order valence-corrected chi connectivity index (χ0v) is 13.8. The molecule has 0 spiro atoms. The Morgan fingerprint density at radius 1 is 1.09 bits per heavy atom. The fourth-order valence-corrected chi connectivity index (χ4v) is 3.39. The Hall–Kier alpha value is -2.15. The normalized spacial score (nSPS) is 12.9. The average molecular weight is 321 g/mol. The number of rotatable bonds is 4. The number of para-hydroxylation sites is 1. The molecule has 2 aromatic rings. The van der Waals surface area contributed by atoms with Crippen LogP contribution in [0.2, 0.25) is 0 Å². The second-order valence-electron chi connectivity index (χ2n) is 5.25. The predicted molar refractivity (Wildman–Crippen MR) is 87.2 cm³/mol. The molecule has 22 heavy (non-hydrogen) atoms. The van der Waals surface area contributed by atoms with Crippen molar-refractivity contribution >= 4 is 32.7 Å². The summed E-state index contributed by atoms with van der Waals surface area (Å²) in [6, 6.07) is 10.9. The zero-order valence-electron chi connectivity index (χ0n) is 13.0. The molecule has 0 aliphatic heterocycles. The lowest BCUT2D eigenvalue weighted by atomic mass is 10.2. The van der Waals surface area contributed by atoms with Gasteiger partial charge < -0.3 is 4.90 Å². The molecule has 0 aliphatic rings. The Kier molecular flexibility index (Phi) is 4.37. The third kappa shape index (κ3) is 2.89. The highest BCUT2D eigenvalue weighted by Gasteiger charge is 2.33. The van der Waals surface area contributed by atoms with Gasteiger partial charge in [0.25, 0.3) is 0 Å². The lowest BCUT2D eigenvalue weighted by Crippen LogP contribution is -2.44. The molecule has 0 saturated carbocycles. The van der Waals surface area contributed by atoms with Crippen LogP contribution in [-0.4, -0.2) is 50.6 Å². The van der Waals surface area contributed by atoms with Crippen LogP contribution in [0.3, 0.4) is 0 Å². The van der Waals surface area contributed by atoms with Crippen LogP contribution < -0.4 is 4.31 Å². The molecule has 0 N–H and O–H groups in total. The molecular formula is C15H19N3O3S. The lowest BCUT2D eigenvalue weighted by molar-refractivity contribution is -0.127. The summed E-state index contributed by atoms with van der Waals surface area (Å²) in [7, 11) is 0.644. The van der Waals surface area contributed by atoms with Crippen molar-refractivity contribution in [3.8, 4) is 0 Å². The molecule has 1 heterocycles. The molecule has 6 nitrogen and oxygen atoms in total. The van der Waals surface area contributed by atoms with Crippen LogP contribution in [0.15, 0.2) is 36.4 Å². The molecule has 1 atom stereocenters. The highest BCUT2D eigenvalue weighted by atomic mass is 32.2. The number of amides is 1. The van der Waals surface area contributed by atoms with E-state index in [9.17, 15) is 13.2 Å². The third-order valence-electron chi connectivity index (χ3n) is 3.52. The van der Waals surface area contributed by atoms with Gasteiger partial charge >= 0.3 is 0 Å². The first-order valence-electron chi connectivity index (χ1n) is 6.80. The molecule has 0 radical (unpaired) electrons. The maximum Gasteiger partial charge on any atom is 0.247 e. The summed E-state index contributed by atoms with van der Waals surface area (Å²) < 4.78 is 26.2. The van der Waals surface area contributed by atoms with Gasteiger partial charge in [0.05, 0.1) is 5.52 Å². The van der Waals surface area contributed by atoms with Crippen LogP contribution in [-0.2, 0) is 14.8 Å². The Bertz CT molecular complexity index is 803. The van der Waals surface area contributed by atoms with E-state index in [2.05, 4.69) is 4.98 Å². The molecule has 0 saturated heterocycles. The van der Waals surface area contributed by atoms with Crippen LogP contribution >= 0.6 is 0 Å². The number of carbonyl (C=O) groups excluding carboxylic acids is 1. The summed E-state index contributed by atoms with van der Waals surface area (Å²) in [6.45, 7) is 1.38. The molecule has 118 valence electrons. The predicted octanol–water partition coefficient (Wildman–Crippen LogP) is 1.48. The summed E-state index contributed by atoms with van der Waals surface area (Å²) in [5, 5.41) is -0.241. The minimum absolute atomic E-state index is 0.289. The van der Waals surface area contributed by atoms with E-state index in [4.69, 9.17) is 0 Å². The van der Waals surface area contributed by atoms with E-state index in [1.165, 1.54) is 33.0 Å². The molecule has 1 unspecified atom stereocenters. The van der Waals surface area contributed by atoms with Crippen molar-refractivity contribution in [3.63, 3.8) is 0 Å². The summed E-state index contributed by atoms with van der Waals surface area (Å²) in [5.74, 6) is -0.176. The van der Waals surface area contributed by atoms with Gasteiger partial charge in [-0.3, -0.25) is 9.10 Å². The second-order valence-corrected chi connectivity index (χ2v) is 7.53. The number of sulfonamides is 1. The van der Waals surface area contributed by atoms with Crippen LogP contribution in [0.5, 0.6) is 0 Å². The highest BCUT2D eigenvalue weighted by Crippen LogP contribution is 2.21. The van der Waals surface area contributed by atoms with Gasteiger partial charge in [-0.05, 0) is 25.1 Å². The minimum atomic E-state index is -3.83. The largest absolute Gasteiger partial charge is 0.348 e. The van der Waals surface area contributed by atoms with E-state index in [1.54, 1.807) is 6.07 Å². The lowest BCUT2D eigenvalue weighted by Gasteiger charge is -2.24. The summed E-state index contributed by atoms with van der Waals surface area (Å²) >= 11 is 0. The Balaban J connectivity index is 2.39. The molecule has 0 fully saturated rings. The monoisotopic (exact) mass is 321 g/mol. The van der Waals surface area contributed by atoms with Crippen LogP contribution in [0, 0.1) is 0 Å². The quantitative estimate of drug-likeness (QED) is 0.855. The average Bonchev–Trinajstić information content (AvgIpc) is 2.51. The van der Waals surface area contributed by atoms with Crippen LogP contribution in [0.4, 0.5) is 5.82 Å². The fraction of sp³-hybridized carbons (Fsp3) is 0.333. The van der Waals surface area contributed by atoms with E-state index in [-0.39, 0.29) is 5.82 Å². The number of hydrogen-bond acceptors (Lipinski definition) is 4. The third-order valence-corrected chi connectivity index (χ3v) is 5.57. The van der Waals surface area contributed by atoms with Gasteiger partial charge in [0.1, 0.15) is 5.82 Å². The van der Waals surface area contributed by atoms with Crippen molar-refractivity contribution in [3.05, 3.63) is 36.4 Å². The molecule has 1 aromatic carbocycles. The topological polar surface area (TPSA) is 70.6 Å². The number of fused-ring (bicyclic) bond motifs is 1. The molecule has 1 amide bonds. The molecule has 7 heteroatoms. The molecular weight excluding hydrogens is 302 g/mol. The van der Waals surface area contributed by atoms with E-state index < -0.39 is 21.2 Å². The van der Waals surface area contributed by atoms with Crippen LogP contribution in [0.25, 0.3) is 10.9 Å². The summed E-state index contributed by atoms with van der Waals surface area (Å²) in [5.41, 5.74) is 0.702. The van der Waals surface area contributed by atoms with Gasteiger partial charge in [-0.1, -0.05) is 18.2 Å². The van der Waals surface area contributed by atoms with Gasteiger partial charge in [-0.2, -0.15) is 0 Å². The van der Waals surface area contributed by atoms with Gasteiger partial charge in [-0.25, -0.2) is 13.4 Å². The van der Waals surface area contributed by atoms with Crippen molar-refractivity contribution in [2.75, 3.05) is 25.4 Å². The van der Waals surface area contributed by atoms with E-state index in [0.29, 0.717) is 5.52 Å². The van der Waals surface area contributed by atoms with E-state index in [1.807, 2.05) is 30.3 Å². The van der Waals surface area contributed by atoms with E-state index >= 15 is 0 Å². The first kappa shape index (κ1) is 16.2. The van der Waals surface area contributed by atoms with Crippen molar-refractivity contribution in [2.45, 2.75) is 12.2 Å². The number of pyridine rings is 1. The van der Waals surface area contributed by atoms with Gasteiger partial charge in [0.2, 0.25) is 15.9 Å². The standard InChI is InChI=1S/C15H19N3O3S/c1-11(15(19)17(2)3)22(20,21)18(4)14-10-9-12-7-5-6-8-13(12)16-14/h5-11H,1-4H3. The maximum atomic E-state index is 12.6. The molecule has 2 rings (SSSR count). The van der Waals surface area contributed by atoms with Crippen molar-refractivity contribution in [1.29, 1.82) is 0 Å². The number of benzene rings is 1. The van der Waals surface area contributed by atoms with Gasteiger partial charge in [-0.15, -0.1) is 0 Å².